The van der Waals surface area contributed by atoms with Crippen molar-refractivity contribution in [2.24, 2.45) is 0 Å². The van der Waals surface area contributed by atoms with Crippen molar-refractivity contribution in [3.05, 3.63) is 84.4 Å². The Labute approximate surface area is 240 Å². The Hall–Kier alpha value is -4.78. The van der Waals surface area contributed by atoms with Crippen LogP contribution in [0.15, 0.2) is 73.3 Å². The third kappa shape index (κ3) is 5.07. The Morgan fingerprint density at radius 3 is 2.55 bits per heavy atom. The number of aliphatic hydroxyl groups is 2. The van der Waals surface area contributed by atoms with Crippen LogP contribution in [0.4, 0.5) is 5.82 Å². The molecule has 6 rings (SSSR count). The Bertz CT molecular complexity index is 1720. The van der Waals surface area contributed by atoms with Gasteiger partial charge in [0.25, 0.3) is 5.91 Å². The van der Waals surface area contributed by atoms with Gasteiger partial charge in [0, 0.05) is 18.2 Å². The molecule has 2 aromatic heterocycles. The number of imidazole rings is 1. The van der Waals surface area contributed by atoms with Crippen LogP contribution >= 0.6 is 0 Å². The summed E-state index contributed by atoms with van der Waals surface area (Å²) in [6.07, 6.45) is -0.132. The van der Waals surface area contributed by atoms with Crippen molar-refractivity contribution in [2.75, 3.05) is 26.1 Å². The number of amides is 1. The van der Waals surface area contributed by atoms with Crippen molar-refractivity contribution < 1.29 is 29.2 Å². The molecule has 1 amide bonds. The molecule has 5 aromatic rings. The zero-order chi connectivity index (χ0) is 29.2. The van der Waals surface area contributed by atoms with Crippen LogP contribution in [-0.2, 0) is 11.3 Å². The molecule has 3 heterocycles. The molecule has 1 fully saturated rings. The predicted octanol–water partition coefficient (Wildman–Crippen LogP) is 2.66. The lowest BCUT2D eigenvalue weighted by Crippen LogP contribution is -2.46. The zero-order valence-electron chi connectivity index (χ0n) is 23.0. The highest BCUT2D eigenvalue weighted by Crippen LogP contribution is 2.33. The molecule has 1 saturated heterocycles. The van der Waals surface area contributed by atoms with E-state index in [0.29, 0.717) is 35.0 Å². The number of benzene rings is 3. The number of methoxy groups -OCH3 is 2. The molecular weight excluding hydrogens is 540 g/mol. The number of nitrogens with one attached hydrogen (secondary N) is 2. The topological polar surface area (TPSA) is 153 Å². The van der Waals surface area contributed by atoms with E-state index in [0.717, 1.165) is 16.3 Å². The quantitative estimate of drug-likeness (QED) is 0.208. The van der Waals surface area contributed by atoms with Gasteiger partial charge in [-0.1, -0.05) is 42.5 Å². The Morgan fingerprint density at radius 1 is 1.02 bits per heavy atom. The molecule has 12 nitrogen and oxygen atoms in total. The first-order valence-corrected chi connectivity index (χ1v) is 13.4. The van der Waals surface area contributed by atoms with Crippen LogP contribution in [0.5, 0.6) is 11.5 Å². The predicted molar refractivity (Wildman–Crippen MR) is 154 cm³/mol. The van der Waals surface area contributed by atoms with Crippen molar-refractivity contribution in [2.45, 2.75) is 31.0 Å². The summed E-state index contributed by atoms with van der Waals surface area (Å²) >= 11 is 0. The van der Waals surface area contributed by atoms with Gasteiger partial charge in [-0.25, -0.2) is 15.0 Å². The van der Waals surface area contributed by atoms with Gasteiger partial charge in [-0.05, 0) is 28.5 Å². The van der Waals surface area contributed by atoms with Crippen LogP contribution in [0.25, 0.3) is 21.9 Å². The second-order valence-electron chi connectivity index (χ2n) is 9.88. The molecule has 216 valence electrons. The third-order valence-corrected chi connectivity index (χ3v) is 7.42. The number of hydrogen-bond donors (Lipinski definition) is 4. The van der Waals surface area contributed by atoms with Crippen LogP contribution in [0.3, 0.4) is 0 Å². The van der Waals surface area contributed by atoms with Gasteiger partial charge < -0.3 is 35.1 Å². The number of hydrogen-bond acceptors (Lipinski definition) is 10. The van der Waals surface area contributed by atoms with E-state index in [9.17, 15) is 15.0 Å². The monoisotopic (exact) mass is 570 g/mol. The number of carbonyl (C=O) groups excluding carboxylic acids is 1. The largest absolute Gasteiger partial charge is 0.497 e. The van der Waals surface area contributed by atoms with E-state index in [1.54, 1.807) is 22.8 Å². The van der Waals surface area contributed by atoms with Gasteiger partial charge in [-0.2, -0.15) is 0 Å². The first-order chi connectivity index (χ1) is 20.5. The standard InChI is InChI=1S/C30H30N6O6/c1-40-20-10-19(11-21(12-20)41-2)29(39)35-24-26(38)23(14-37)42-30(24)36-16-34-25-27(32-15-33-28(25)36)31-13-18-8-5-7-17-6-3-4-9-22(17)18/h3-12,15-16,23-24,26,30,37-38H,13-14H2,1-2H3,(H,35,39)(H,31,32,33)/t23-,24+,26-,30+/m0/s1. The van der Waals surface area contributed by atoms with Gasteiger partial charge in [-0.15, -0.1) is 0 Å². The van der Waals surface area contributed by atoms with Crippen LogP contribution in [-0.4, -0.2) is 74.7 Å². The van der Waals surface area contributed by atoms with E-state index in [2.05, 4.69) is 49.9 Å². The molecule has 1 aliphatic heterocycles. The molecule has 4 N–H and O–H groups in total. The summed E-state index contributed by atoms with van der Waals surface area (Å²) in [4.78, 5) is 26.7. The molecule has 12 heteroatoms. The van der Waals surface area contributed by atoms with Gasteiger partial charge in [-0.3, -0.25) is 9.36 Å². The van der Waals surface area contributed by atoms with E-state index < -0.39 is 37.0 Å². The summed E-state index contributed by atoms with van der Waals surface area (Å²) in [5.41, 5.74) is 2.29. The number of fused-ring (bicyclic) bond motifs is 2. The van der Waals surface area contributed by atoms with Crippen molar-refractivity contribution in [3.8, 4) is 11.5 Å². The van der Waals surface area contributed by atoms with Crippen LogP contribution in [0.2, 0.25) is 0 Å². The number of rotatable bonds is 9. The molecule has 0 spiro atoms. The highest BCUT2D eigenvalue weighted by atomic mass is 16.5. The van der Waals surface area contributed by atoms with Crippen molar-refractivity contribution >= 4 is 33.7 Å². The summed E-state index contributed by atoms with van der Waals surface area (Å²) in [5.74, 6) is 0.912. The van der Waals surface area contributed by atoms with E-state index in [-0.39, 0.29) is 5.56 Å². The van der Waals surface area contributed by atoms with Crippen molar-refractivity contribution in [1.29, 1.82) is 0 Å². The van der Waals surface area contributed by atoms with Gasteiger partial charge in [0.15, 0.2) is 23.2 Å². The summed E-state index contributed by atoms with van der Waals surface area (Å²) in [5, 5.41) is 29.4. The lowest BCUT2D eigenvalue weighted by Gasteiger charge is -2.23. The average Bonchev–Trinajstić information content (AvgIpc) is 3.60. The number of aromatic nitrogens is 4. The molecule has 4 atom stereocenters. The fraction of sp³-hybridized carbons (Fsp3) is 0.267. The maximum Gasteiger partial charge on any atom is 0.252 e. The highest BCUT2D eigenvalue weighted by molar-refractivity contribution is 5.95. The maximum atomic E-state index is 13.3. The molecule has 3 aromatic carbocycles. The van der Waals surface area contributed by atoms with Crippen LogP contribution in [0.1, 0.15) is 22.1 Å². The number of carbonyl (C=O) groups is 1. The number of ether oxygens (including phenoxy) is 3. The molecule has 42 heavy (non-hydrogen) atoms. The first-order valence-electron chi connectivity index (χ1n) is 13.4. The van der Waals surface area contributed by atoms with Gasteiger partial charge in [0.05, 0.1) is 27.2 Å². The minimum absolute atomic E-state index is 0.266. The van der Waals surface area contributed by atoms with E-state index >= 15 is 0 Å². The highest BCUT2D eigenvalue weighted by Gasteiger charge is 2.46. The molecule has 0 bridgehead atoms. The zero-order valence-corrected chi connectivity index (χ0v) is 23.0. The summed E-state index contributed by atoms with van der Waals surface area (Å²) < 4.78 is 18.2. The summed E-state index contributed by atoms with van der Waals surface area (Å²) in [6.45, 7) is 0.0602. The average molecular weight is 571 g/mol. The number of anilines is 1. The molecule has 0 aliphatic carbocycles. The Balaban J connectivity index is 1.28. The Morgan fingerprint density at radius 2 is 1.79 bits per heavy atom. The van der Waals surface area contributed by atoms with Crippen molar-refractivity contribution in [3.63, 3.8) is 0 Å². The lowest BCUT2D eigenvalue weighted by molar-refractivity contribution is -0.0440. The number of nitrogens with zero attached hydrogens (tertiary/aromatic N) is 4. The van der Waals surface area contributed by atoms with Crippen molar-refractivity contribution in [1.82, 2.24) is 24.8 Å². The molecule has 0 saturated carbocycles. The van der Waals surface area contributed by atoms with E-state index in [4.69, 9.17) is 14.2 Å². The van der Waals surface area contributed by atoms with Gasteiger partial charge >= 0.3 is 0 Å². The van der Waals surface area contributed by atoms with Gasteiger partial charge in [0.2, 0.25) is 0 Å². The van der Waals surface area contributed by atoms with Crippen LogP contribution < -0.4 is 20.1 Å². The molecule has 1 aliphatic rings. The minimum Gasteiger partial charge on any atom is -0.497 e. The minimum atomic E-state index is -1.21. The fourth-order valence-electron chi connectivity index (χ4n) is 5.26. The lowest BCUT2D eigenvalue weighted by atomic mass is 10.0. The molecule has 0 unspecified atom stereocenters. The molecular formula is C30H30N6O6. The normalized spacial score (nSPS) is 20.1. The summed E-state index contributed by atoms with van der Waals surface area (Å²) in [6, 6.07) is 18.1. The summed E-state index contributed by atoms with van der Waals surface area (Å²) in [7, 11) is 2.98. The van der Waals surface area contributed by atoms with E-state index in [1.807, 2.05) is 18.2 Å². The second kappa shape index (κ2) is 11.6. The number of aliphatic hydroxyl groups excluding tert-OH is 2. The first kappa shape index (κ1) is 27.4. The second-order valence-corrected chi connectivity index (χ2v) is 9.88. The fourth-order valence-corrected chi connectivity index (χ4v) is 5.26. The van der Waals surface area contributed by atoms with E-state index in [1.165, 1.54) is 26.9 Å². The Kier molecular flexibility index (Phi) is 7.57. The third-order valence-electron chi connectivity index (χ3n) is 7.42. The van der Waals surface area contributed by atoms with Gasteiger partial charge in [0.1, 0.15) is 36.1 Å². The SMILES string of the molecule is COc1cc(OC)cc(C(=O)N[C@@H]2[C@@H](O)[C@H](CO)O[C@H]2n2cnc3c(NCc4cccc5ccccc45)ncnc32)c1. The maximum absolute atomic E-state index is 13.3. The smallest absolute Gasteiger partial charge is 0.252 e. The van der Waals surface area contributed by atoms with Crippen LogP contribution in [0, 0.1) is 0 Å². The molecule has 0 radical (unpaired) electrons.